The fourth-order valence-electron chi connectivity index (χ4n) is 2.48. The first-order valence-corrected chi connectivity index (χ1v) is 8.95. The van der Waals surface area contributed by atoms with E-state index in [1.54, 1.807) is 31.5 Å². The van der Waals surface area contributed by atoms with Crippen LogP contribution in [0.2, 0.25) is 0 Å². The molecule has 0 aliphatic carbocycles. The van der Waals surface area contributed by atoms with Crippen molar-refractivity contribution in [2.24, 2.45) is 0 Å². The lowest BCUT2D eigenvalue weighted by molar-refractivity contribution is 0.0600. The molecule has 0 fully saturated rings. The summed E-state index contributed by atoms with van der Waals surface area (Å²) >= 11 is 0. The molecule has 0 bridgehead atoms. The number of benzene rings is 1. The highest BCUT2D eigenvalue weighted by Gasteiger charge is 2.22. The lowest BCUT2D eigenvalue weighted by Crippen LogP contribution is -2.16. The van der Waals surface area contributed by atoms with Gasteiger partial charge >= 0.3 is 5.97 Å². The highest BCUT2D eigenvalue weighted by molar-refractivity contribution is 7.92. The summed E-state index contributed by atoms with van der Waals surface area (Å²) in [5.74, 6) is -0.586. The lowest BCUT2D eigenvalue weighted by Gasteiger charge is -2.12. The van der Waals surface area contributed by atoms with Gasteiger partial charge in [-0.2, -0.15) is 5.10 Å². The summed E-state index contributed by atoms with van der Waals surface area (Å²) < 4.78 is 34.5. The average Bonchev–Trinajstić information content (AvgIpc) is 2.81. The van der Waals surface area contributed by atoms with Crippen molar-refractivity contribution in [2.45, 2.75) is 39.1 Å². The summed E-state index contributed by atoms with van der Waals surface area (Å²) in [5, 5.41) is 4.30. The number of sulfonamides is 1. The molecular weight excluding hydrogens is 330 g/mol. The molecule has 0 atom stereocenters. The van der Waals surface area contributed by atoms with Crippen molar-refractivity contribution in [3.05, 3.63) is 40.7 Å². The Kier molecular flexibility index (Phi) is 4.98. The normalized spacial score (nSPS) is 11.4. The van der Waals surface area contributed by atoms with Gasteiger partial charge in [-0.3, -0.25) is 9.40 Å². The molecule has 1 N–H and O–H groups in total. The van der Waals surface area contributed by atoms with Gasteiger partial charge in [-0.05, 0) is 45.4 Å². The van der Waals surface area contributed by atoms with E-state index in [0.29, 0.717) is 23.5 Å². The number of carbonyl (C=O) groups excluding carboxylic acids is 1. The quantitative estimate of drug-likeness (QED) is 0.836. The van der Waals surface area contributed by atoms with Crippen LogP contribution in [0.3, 0.4) is 0 Å². The van der Waals surface area contributed by atoms with E-state index in [-0.39, 0.29) is 10.5 Å². The van der Waals surface area contributed by atoms with Gasteiger partial charge < -0.3 is 4.74 Å². The fraction of sp³-hybridized carbons (Fsp3) is 0.375. The van der Waals surface area contributed by atoms with Gasteiger partial charge in [0, 0.05) is 6.54 Å². The van der Waals surface area contributed by atoms with Crippen molar-refractivity contribution < 1.29 is 17.9 Å². The first kappa shape index (κ1) is 18.0. The molecule has 130 valence electrons. The first-order chi connectivity index (χ1) is 11.2. The minimum atomic E-state index is -3.86. The molecule has 7 nitrogen and oxygen atoms in total. The third-order valence-corrected chi connectivity index (χ3v) is 5.31. The fourth-order valence-corrected chi connectivity index (χ4v) is 3.92. The van der Waals surface area contributed by atoms with Crippen molar-refractivity contribution in [1.82, 2.24) is 9.78 Å². The largest absolute Gasteiger partial charge is 0.465 e. The Balaban J connectivity index is 2.48. The Hall–Kier alpha value is -2.35. The summed E-state index contributed by atoms with van der Waals surface area (Å²) in [6, 6.07) is 4.43. The van der Waals surface area contributed by atoms with Crippen LogP contribution in [0.1, 0.15) is 34.2 Å². The topological polar surface area (TPSA) is 90.3 Å². The Bertz CT molecular complexity index is 885. The summed E-state index contributed by atoms with van der Waals surface area (Å²) in [4.78, 5) is 11.7. The number of rotatable bonds is 5. The summed E-state index contributed by atoms with van der Waals surface area (Å²) in [6.07, 6.45) is 0. The molecule has 0 aliphatic rings. The predicted molar refractivity (Wildman–Crippen MR) is 90.7 cm³/mol. The van der Waals surface area contributed by atoms with Gasteiger partial charge in [0.1, 0.15) is 0 Å². The number of nitrogens with zero attached hydrogens (tertiary/aromatic N) is 2. The van der Waals surface area contributed by atoms with Crippen molar-refractivity contribution in [2.75, 3.05) is 11.8 Å². The number of hydrogen-bond acceptors (Lipinski definition) is 5. The number of methoxy groups -OCH3 is 1. The molecular formula is C16H21N3O4S. The number of nitrogens with one attached hydrogen (secondary N) is 1. The number of ether oxygens (including phenoxy) is 1. The van der Waals surface area contributed by atoms with E-state index in [0.717, 1.165) is 5.69 Å². The maximum absolute atomic E-state index is 12.8. The predicted octanol–water partition coefficient (Wildman–Crippen LogP) is 2.42. The molecule has 24 heavy (non-hydrogen) atoms. The van der Waals surface area contributed by atoms with Gasteiger partial charge in [0.05, 0.1) is 34.6 Å². The summed E-state index contributed by atoms with van der Waals surface area (Å²) in [6.45, 7) is 7.80. The van der Waals surface area contributed by atoms with E-state index in [1.165, 1.54) is 19.2 Å². The zero-order valence-corrected chi connectivity index (χ0v) is 15.2. The molecule has 0 saturated carbocycles. The second-order valence-electron chi connectivity index (χ2n) is 5.44. The van der Waals surface area contributed by atoms with Crippen LogP contribution in [0, 0.1) is 20.8 Å². The molecule has 2 aromatic rings. The highest BCUT2D eigenvalue weighted by atomic mass is 32.2. The molecule has 0 unspecified atom stereocenters. The third kappa shape index (κ3) is 3.28. The number of aryl methyl sites for hydroxylation is 3. The molecule has 2 rings (SSSR count). The van der Waals surface area contributed by atoms with E-state index in [2.05, 4.69) is 14.6 Å². The van der Waals surface area contributed by atoms with Gasteiger partial charge in [-0.15, -0.1) is 0 Å². The van der Waals surface area contributed by atoms with Crippen LogP contribution in [-0.4, -0.2) is 31.3 Å². The van der Waals surface area contributed by atoms with E-state index < -0.39 is 16.0 Å². The van der Waals surface area contributed by atoms with Crippen molar-refractivity contribution in [3.63, 3.8) is 0 Å². The van der Waals surface area contributed by atoms with Crippen LogP contribution in [-0.2, 0) is 21.3 Å². The van der Waals surface area contributed by atoms with Crippen LogP contribution in [0.4, 0.5) is 5.69 Å². The molecule has 1 heterocycles. The second-order valence-corrected chi connectivity index (χ2v) is 7.09. The van der Waals surface area contributed by atoms with Crippen LogP contribution >= 0.6 is 0 Å². The Morgan fingerprint density at radius 1 is 1.29 bits per heavy atom. The van der Waals surface area contributed by atoms with Crippen LogP contribution in [0.5, 0.6) is 0 Å². The van der Waals surface area contributed by atoms with Crippen LogP contribution < -0.4 is 4.72 Å². The van der Waals surface area contributed by atoms with E-state index in [9.17, 15) is 13.2 Å². The van der Waals surface area contributed by atoms with E-state index >= 15 is 0 Å². The smallest absolute Gasteiger partial charge is 0.337 e. The molecule has 0 amide bonds. The molecule has 0 saturated heterocycles. The van der Waals surface area contributed by atoms with Gasteiger partial charge in [0.2, 0.25) is 0 Å². The lowest BCUT2D eigenvalue weighted by atomic mass is 10.1. The Morgan fingerprint density at radius 2 is 1.96 bits per heavy atom. The minimum Gasteiger partial charge on any atom is -0.465 e. The van der Waals surface area contributed by atoms with E-state index in [4.69, 9.17) is 0 Å². The highest BCUT2D eigenvalue weighted by Crippen LogP contribution is 2.25. The van der Waals surface area contributed by atoms with Crippen LogP contribution in [0.25, 0.3) is 0 Å². The van der Waals surface area contributed by atoms with Crippen molar-refractivity contribution in [3.8, 4) is 0 Å². The van der Waals surface area contributed by atoms with Crippen molar-refractivity contribution in [1.29, 1.82) is 0 Å². The Morgan fingerprint density at radius 3 is 2.50 bits per heavy atom. The van der Waals surface area contributed by atoms with Crippen LogP contribution in [0.15, 0.2) is 23.1 Å². The number of hydrogen-bond donors (Lipinski definition) is 1. The number of carbonyl (C=O) groups is 1. The zero-order chi connectivity index (χ0) is 18.1. The zero-order valence-electron chi connectivity index (χ0n) is 14.4. The molecule has 0 radical (unpaired) electrons. The standard InChI is InChI=1S/C16H21N3O4S/c1-6-19-12(4)15(11(3)17-19)18-24(21,22)14-9-13(16(20)23-5)8-7-10(14)2/h7-9,18H,6H2,1-5H3. The molecule has 0 aliphatic heterocycles. The monoisotopic (exact) mass is 351 g/mol. The van der Waals surface area contributed by atoms with E-state index in [1.807, 2.05) is 6.92 Å². The average molecular weight is 351 g/mol. The number of anilines is 1. The maximum atomic E-state index is 12.8. The molecule has 8 heteroatoms. The maximum Gasteiger partial charge on any atom is 0.337 e. The molecule has 0 spiro atoms. The number of aromatic nitrogens is 2. The molecule has 1 aromatic carbocycles. The number of esters is 1. The summed E-state index contributed by atoms with van der Waals surface area (Å²) in [5.41, 5.74) is 2.51. The third-order valence-electron chi connectivity index (χ3n) is 3.82. The Labute approximate surface area is 141 Å². The first-order valence-electron chi connectivity index (χ1n) is 7.47. The van der Waals surface area contributed by atoms with Gasteiger partial charge in [-0.25, -0.2) is 13.2 Å². The van der Waals surface area contributed by atoms with Crippen molar-refractivity contribution >= 4 is 21.7 Å². The summed E-state index contributed by atoms with van der Waals surface area (Å²) in [7, 11) is -2.61. The van der Waals surface area contributed by atoms with Gasteiger partial charge in [-0.1, -0.05) is 6.07 Å². The van der Waals surface area contributed by atoms with Gasteiger partial charge in [0.25, 0.3) is 10.0 Å². The van der Waals surface area contributed by atoms with Gasteiger partial charge in [0.15, 0.2) is 0 Å². The second kappa shape index (κ2) is 6.64. The SMILES string of the molecule is CCn1nc(C)c(NS(=O)(=O)c2cc(C(=O)OC)ccc2C)c1C. The molecule has 1 aromatic heterocycles. The minimum absolute atomic E-state index is 0.0356.